The van der Waals surface area contributed by atoms with Crippen LogP contribution in [0.4, 0.5) is 0 Å². The summed E-state index contributed by atoms with van der Waals surface area (Å²) in [5.41, 5.74) is 2.44. The Kier molecular flexibility index (Phi) is 13.3. The number of aromatic nitrogens is 2. The van der Waals surface area contributed by atoms with Gasteiger partial charge in [-0.15, -0.1) is 24.0 Å². The van der Waals surface area contributed by atoms with Crippen molar-refractivity contribution in [1.29, 1.82) is 0 Å². The monoisotopic (exact) mass is 515 g/mol. The average Bonchev–Trinajstić information content (AvgIpc) is 3.10. The third-order valence-electron chi connectivity index (χ3n) is 4.22. The maximum atomic E-state index is 5.48. The number of guanidine groups is 1. The molecule has 2 N–H and O–H groups in total. The van der Waals surface area contributed by atoms with Crippen molar-refractivity contribution in [2.45, 2.75) is 33.4 Å². The molecule has 0 amide bonds. The zero-order chi connectivity index (χ0) is 20.0. The lowest BCUT2D eigenvalue weighted by Gasteiger charge is -2.12. The van der Waals surface area contributed by atoms with E-state index in [-0.39, 0.29) is 24.0 Å². The van der Waals surface area contributed by atoms with Crippen LogP contribution in [0.15, 0.2) is 41.7 Å². The molecule has 1 aromatic heterocycles. The predicted molar refractivity (Wildman–Crippen MR) is 128 cm³/mol. The van der Waals surface area contributed by atoms with Gasteiger partial charge in [0.05, 0.1) is 19.8 Å². The molecule has 0 aliphatic heterocycles. The molecule has 0 bridgehead atoms. The van der Waals surface area contributed by atoms with Crippen LogP contribution in [0.1, 0.15) is 30.3 Å². The molecule has 0 aliphatic rings. The number of nitrogens with one attached hydrogen (secondary N) is 2. The molecule has 0 saturated carbocycles. The standard InChI is InChI=1S/C21H33N5O2.HI/c1-4-22-21(24-9-6-12-28-14-13-27-3)25-16-19-7-5-8-20(15-19)17-26-11-10-23-18(26)2;/h5,7-8,10-11,15H,4,6,9,12-14,16-17H2,1-3H3,(H2,22,24,25);1H. The zero-order valence-electron chi connectivity index (χ0n) is 17.7. The Balaban J connectivity index is 0.00000420. The minimum absolute atomic E-state index is 0. The Labute approximate surface area is 191 Å². The predicted octanol–water partition coefficient (Wildman–Crippen LogP) is 2.97. The molecule has 0 radical (unpaired) electrons. The van der Waals surface area contributed by atoms with Gasteiger partial charge in [0.15, 0.2) is 5.96 Å². The number of ether oxygens (including phenoxy) is 2. The molecule has 0 unspecified atom stereocenters. The summed E-state index contributed by atoms with van der Waals surface area (Å²) in [6.07, 6.45) is 4.76. The van der Waals surface area contributed by atoms with Crippen LogP contribution in [0.25, 0.3) is 0 Å². The highest BCUT2D eigenvalue weighted by atomic mass is 127. The van der Waals surface area contributed by atoms with Crippen molar-refractivity contribution in [3.8, 4) is 0 Å². The summed E-state index contributed by atoms with van der Waals surface area (Å²) >= 11 is 0. The van der Waals surface area contributed by atoms with Crippen molar-refractivity contribution in [3.63, 3.8) is 0 Å². The van der Waals surface area contributed by atoms with Gasteiger partial charge in [0.1, 0.15) is 5.82 Å². The highest BCUT2D eigenvalue weighted by Gasteiger charge is 2.02. The van der Waals surface area contributed by atoms with Crippen LogP contribution in [-0.4, -0.2) is 55.5 Å². The molecule has 29 heavy (non-hydrogen) atoms. The fourth-order valence-electron chi connectivity index (χ4n) is 2.73. The second kappa shape index (κ2) is 15.2. The Morgan fingerprint density at radius 3 is 2.72 bits per heavy atom. The quantitative estimate of drug-likeness (QED) is 0.197. The van der Waals surface area contributed by atoms with Gasteiger partial charge in [0.25, 0.3) is 0 Å². The van der Waals surface area contributed by atoms with E-state index in [0.717, 1.165) is 37.8 Å². The largest absolute Gasteiger partial charge is 0.382 e. The highest BCUT2D eigenvalue weighted by molar-refractivity contribution is 14.0. The Hall–Kier alpha value is -1.65. The van der Waals surface area contributed by atoms with Gasteiger partial charge < -0.3 is 24.7 Å². The topological polar surface area (TPSA) is 72.7 Å². The second-order valence-corrected chi connectivity index (χ2v) is 6.50. The first-order valence-corrected chi connectivity index (χ1v) is 9.87. The smallest absolute Gasteiger partial charge is 0.191 e. The minimum Gasteiger partial charge on any atom is -0.382 e. The maximum Gasteiger partial charge on any atom is 0.191 e. The van der Waals surface area contributed by atoms with Crippen molar-refractivity contribution >= 4 is 29.9 Å². The molecule has 2 rings (SSSR count). The van der Waals surface area contributed by atoms with Crippen molar-refractivity contribution in [2.24, 2.45) is 4.99 Å². The number of hydrogen-bond acceptors (Lipinski definition) is 4. The summed E-state index contributed by atoms with van der Waals surface area (Å²) in [5, 5.41) is 6.64. The third kappa shape index (κ3) is 10.1. The number of aliphatic imine (C=N–C) groups is 1. The number of rotatable bonds is 12. The number of aryl methyl sites for hydroxylation is 1. The summed E-state index contributed by atoms with van der Waals surface area (Å²) in [4.78, 5) is 8.98. The van der Waals surface area contributed by atoms with Crippen LogP contribution >= 0.6 is 24.0 Å². The molecular weight excluding hydrogens is 481 g/mol. The Morgan fingerprint density at radius 1 is 1.17 bits per heavy atom. The minimum atomic E-state index is 0. The van der Waals surface area contributed by atoms with Crippen LogP contribution in [0.5, 0.6) is 0 Å². The van der Waals surface area contributed by atoms with Crippen LogP contribution in [0.2, 0.25) is 0 Å². The first-order valence-electron chi connectivity index (χ1n) is 9.87. The van der Waals surface area contributed by atoms with E-state index in [1.165, 1.54) is 11.1 Å². The van der Waals surface area contributed by atoms with Crippen molar-refractivity contribution in [2.75, 3.05) is 40.0 Å². The molecule has 0 aliphatic carbocycles. The molecule has 0 saturated heterocycles. The lowest BCUT2D eigenvalue weighted by Crippen LogP contribution is -2.38. The van der Waals surface area contributed by atoms with E-state index in [4.69, 9.17) is 14.5 Å². The van der Waals surface area contributed by atoms with E-state index in [9.17, 15) is 0 Å². The molecule has 2 aromatic rings. The molecule has 0 atom stereocenters. The average molecular weight is 515 g/mol. The van der Waals surface area contributed by atoms with E-state index >= 15 is 0 Å². The first kappa shape index (κ1) is 25.4. The summed E-state index contributed by atoms with van der Waals surface area (Å²) < 4.78 is 12.6. The zero-order valence-corrected chi connectivity index (χ0v) is 20.0. The van der Waals surface area contributed by atoms with E-state index < -0.39 is 0 Å². The summed E-state index contributed by atoms with van der Waals surface area (Å²) in [7, 11) is 1.68. The summed E-state index contributed by atoms with van der Waals surface area (Å²) in [5.74, 6) is 1.85. The van der Waals surface area contributed by atoms with E-state index in [1.807, 2.05) is 19.3 Å². The van der Waals surface area contributed by atoms with Gasteiger partial charge in [-0.2, -0.15) is 0 Å². The number of hydrogen-bond donors (Lipinski definition) is 2. The molecule has 1 aromatic carbocycles. The van der Waals surface area contributed by atoms with Gasteiger partial charge in [-0.1, -0.05) is 24.3 Å². The van der Waals surface area contributed by atoms with Gasteiger partial charge in [0, 0.05) is 45.7 Å². The SMILES string of the molecule is CCNC(=NCc1cccc(Cn2ccnc2C)c1)NCCCOCCOC.I. The van der Waals surface area contributed by atoms with Gasteiger partial charge in [-0.05, 0) is 31.4 Å². The molecule has 0 spiro atoms. The normalized spacial score (nSPS) is 11.2. The molecule has 0 fully saturated rings. The van der Waals surface area contributed by atoms with Gasteiger partial charge in [-0.25, -0.2) is 9.98 Å². The second-order valence-electron chi connectivity index (χ2n) is 6.50. The Morgan fingerprint density at radius 2 is 2.00 bits per heavy atom. The van der Waals surface area contributed by atoms with Crippen LogP contribution in [0, 0.1) is 6.92 Å². The van der Waals surface area contributed by atoms with Crippen LogP contribution in [0.3, 0.4) is 0 Å². The molecule has 1 heterocycles. The molecular formula is C21H34IN5O2. The number of methoxy groups -OCH3 is 1. The number of imidazole rings is 1. The molecule has 7 nitrogen and oxygen atoms in total. The highest BCUT2D eigenvalue weighted by Crippen LogP contribution is 2.09. The lowest BCUT2D eigenvalue weighted by molar-refractivity contribution is 0.0698. The first-order chi connectivity index (χ1) is 13.7. The number of nitrogens with zero attached hydrogens (tertiary/aromatic N) is 3. The summed E-state index contributed by atoms with van der Waals surface area (Å²) in [6, 6.07) is 8.54. The van der Waals surface area contributed by atoms with E-state index in [2.05, 4.69) is 51.4 Å². The van der Waals surface area contributed by atoms with E-state index in [0.29, 0.717) is 26.4 Å². The fraction of sp³-hybridized carbons (Fsp3) is 0.524. The number of halogens is 1. The Bertz CT molecular complexity index is 721. The summed E-state index contributed by atoms with van der Waals surface area (Å²) in [6.45, 7) is 9.18. The van der Waals surface area contributed by atoms with Crippen molar-refractivity contribution < 1.29 is 9.47 Å². The van der Waals surface area contributed by atoms with Gasteiger partial charge >= 0.3 is 0 Å². The lowest BCUT2D eigenvalue weighted by atomic mass is 10.1. The fourth-order valence-corrected chi connectivity index (χ4v) is 2.73. The third-order valence-corrected chi connectivity index (χ3v) is 4.22. The maximum absolute atomic E-state index is 5.48. The van der Waals surface area contributed by atoms with Crippen LogP contribution in [-0.2, 0) is 22.6 Å². The van der Waals surface area contributed by atoms with E-state index in [1.54, 1.807) is 7.11 Å². The van der Waals surface area contributed by atoms with Crippen molar-refractivity contribution in [3.05, 3.63) is 53.6 Å². The van der Waals surface area contributed by atoms with Crippen LogP contribution < -0.4 is 10.6 Å². The van der Waals surface area contributed by atoms with Gasteiger partial charge in [-0.3, -0.25) is 0 Å². The number of benzene rings is 1. The molecule has 8 heteroatoms. The molecule has 162 valence electrons. The van der Waals surface area contributed by atoms with Crippen molar-refractivity contribution in [1.82, 2.24) is 20.2 Å². The van der Waals surface area contributed by atoms with Gasteiger partial charge in [0.2, 0.25) is 0 Å².